The molecule has 0 saturated carbocycles. The number of thioether (sulfide) groups is 1. The highest BCUT2D eigenvalue weighted by Crippen LogP contribution is 2.46. The van der Waals surface area contributed by atoms with Gasteiger partial charge in [-0.25, -0.2) is 9.07 Å². The molecule has 3 aromatic rings. The topological polar surface area (TPSA) is 56.1 Å². The van der Waals surface area contributed by atoms with Crippen molar-refractivity contribution in [3.63, 3.8) is 0 Å². The van der Waals surface area contributed by atoms with Gasteiger partial charge in [-0.2, -0.15) is 5.10 Å². The van der Waals surface area contributed by atoms with Crippen molar-refractivity contribution in [3.8, 4) is 11.4 Å². The van der Waals surface area contributed by atoms with E-state index in [1.165, 1.54) is 17.8 Å². The summed E-state index contributed by atoms with van der Waals surface area (Å²) < 4.78 is 21.5. The van der Waals surface area contributed by atoms with Crippen LogP contribution in [0.5, 0.6) is 5.75 Å². The zero-order chi connectivity index (χ0) is 19.8. The normalized spacial score (nSPS) is 18.9. The minimum Gasteiger partial charge on any atom is -0.497 e. The third kappa shape index (κ3) is 3.16. The molecule has 2 aromatic carbocycles. The fourth-order valence-corrected chi connectivity index (χ4v) is 4.70. The van der Waals surface area contributed by atoms with E-state index in [9.17, 15) is 9.18 Å². The fraction of sp³-hybridized carbons (Fsp3) is 0.238. The third-order valence-corrected chi connectivity index (χ3v) is 6.21. The average molecular weight is 397 g/mol. The number of rotatable bonds is 3. The maximum Gasteiger partial charge on any atom is 0.238 e. The molecule has 0 saturated heterocycles. The molecule has 1 amide bonds. The minimum atomic E-state index is -0.336. The zero-order valence-electron chi connectivity index (χ0n) is 15.8. The first kappa shape index (κ1) is 18.6. The molecule has 7 heteroatoms. The number of carbonyl (C=O) groups excluding carboxylic acids is 1. The Bertz CT molecular complexity index is 1030. The zero-order valence-corrected chi connectivity index (χ0v) is 16.6. The van der Waals surface area contributed by atoms with Gasteiger partial charge < -0.3 is 10.1 Å². The number of amides is 1. The molecule has 5 nitrogen and oxygen atoms in total. The highest BCUT2D eigenvalue weighted by Gasteiger charge is 2.35. The summed E-state index contributed by atoms with van der Waals surface area (Å²) in [6, 6.07) is 14.1. The molecule has 4 rings (SSSR count). The lowest BCUT2D eigenvalue weighted by Gasteiger charge is -2.18. The second kappa shape index (κ2) is 7.31. The van der Waals surface area contributed by atoms with Gasteiger partial charge in [0.2, 0.25) is 5.91 Å². The number of hydrogen-bond donors (Lipinski definition) is 1. The second-order valence-electron chi connectivity index (χ2n) is 6.63. The van der Waals surface area contributed by atoms with E-state index in [0.717, 1.165) is 22.7 Å². The smallest absolute Gasteiger partial charge is 0.238 e. The summed E-state index contributed by atoms with van der Waals surface area (Å²) in [5, 5.41) is 6.98. The first-order chi connectivity index (χ1) is 13.5. The summed E-state index contributed by atoms with van der Waals surface area (Å²) in [6.45, 7) is 3.72. The standard InChI is InChI=1S/C21H20FN3O2S/c1-12-18-19(16-6-4-5-7-17(16)22)28-13(2)21(26)23-20(18)25(24-12)14-8-10-15(27-3)11-9-14/h4-11,13,19H,1-3H3,(H,23,26)/t13-,19-/m1/s1. The van der Waals surface area contributed by atoms with Crippen molar-refractivity contribution < 1.29 is 13.9 Å². The Balaban J connectivity index is 1.90. The number of ether oxygens (including phenoxy) is 1. The molecule has 0 spiro atoms. The molecule has 1 aromatic heterocycles. The lowest BCUT2D eigenvalue weighted by Crippen LogP contribution is -2.22. The molecule has 1 aliphatic rings. The third-order valence-electron chi connectivity index (χ3n) is 4.82. The number of anilines is 1. The van der Waals surface area contributed by atoms with Crippen LogP contribution in [0, 0.1) is 12.7 Å². The number of aromatic nitrogens is 2. The van der Waals surface area contributed by atoms with Crippen LogP contribution < -0.4 is 10.1 Å². The Labute approximate surface area is 166 Å². The summed E-state index contributed by atoms with van der Waals surface area (Å²) in [7, 11) is 1.61. The van der Waals surface area contributed by atoms with Crippen molar-refractivity contribution in [2.45, 2.75) is 24.3 Å². The summed E-state index contributed by atoms with van der Waals surface area (Å²) in [6.07, 6.45) is 0. The molecular formula is C21H20FN3O2S. The van der Waals surface area contributed by atoms with E-state index in [1.54, 1.807) is 23.9 Å². The van der Waals surface area contributed by atoms with Crippen molar-refractivity contribution >= 4 is 23.5 Å². The van der Waals surface area contributed by atoms with Crippen LogP contribution in [0.15, 0.2) is 48.5 Å². The second-order valence-corrected chi connectivity index (χ2v) is 8.08. The number of nitrogens with zero attached hydrogens (tertiary/aromatic N) is 2. The van der Waals surface area contributed by atoms with Crippen LogP contribution >= 0.6 is 11.8 Å². The van der Waals surface area contributed by atoms with Crippen LogP contribution in [0.2, 0.25) is 0 Å². The van der Waals surface area contributed by atoms with Crippen molar-refractivity contribution in [1.82, 2.24) is 9.78 Å². The van der Waals surface area contributed by atoms with Crippen LogP contribution in [-0.4, -0.2) is 28.0 Å². The highest BCUT2D eigenvalue weighted by molar-refractivity contribution is 8.01. The number of hydrogen-bond acceptors (Lipinski definition) is 4. The highest BCUT2D eigenvalue weighted by atomic mass is 32.2. The maximum absolute atomic E-state index is 14.6. The van der Waals surface area contributed by atoms with Gasteiger partial charge >= 0.3 is 0 Å². The van der Waals surface area contributed by atoms with Gasteiger partial charge in [0, 0.05) is 11.1 Å². The number of halogens is 1. The molecule has 0 unspecified atom stereocenters. The summed E-state index contributed by atoms with van der Waals surface area (Å²) in [5.41, 5.74) is 2.91. The number of carbonyl (C=O) groups is 1. The Morgan fingerprint density at radius 3 is 2.57 bits per heavy atom. The molecule has 1 aliphatic heterocycles. The van der Waals surface area contributed by atoms with Gasteiger partial charge in [-0.15, -0.1) is 11.8 Å². The van der Waals surface area contributed by atoms with Crippen molar-refractivity contribution in [1.29, 1.82) is 0 Å². The predicted molar refractivity (Wildman–Crippen MR) is 109 cm³/mol. The van der Waals surface area contributed by atoms with Crippen molar-refractivity contribution in [2.24, 2.45) is 0 Å². The molecule has 0 radical (unpaired) electrons. The molecule has 0 aliphatic carbocycles. The van der Waals surface area contributed by atoms with E-state index in [1.807, 2.05) is 44.2 Å². The number of fused-ring (bicyclic) bond motifs is 1. The first-order valence-corrected chi connectivity index (χ1v) is 9.88. The largest absolute Gasteiger partial charge is 0.497 e. The Morgan fingerprint density at radius 1 is 1.18 bits per heavy atom. The molecule has 144 valence electrons. The molecule has 2 heterocycles. The molecule has 0 fully saturated rings. The number of aryl methyl sites for hydroxylation is 1. The van der Waals surface area contributed by atoms with Gasteiger partial charge in [0.1, 0.15) is 17.4 Å². The van der Waals surface area contributed by atoms with Crippen LogP contribution in [0.1, 0.15) is 29.0 Å². The quantitative estimate of drug-likeness (QED) is 0.707. The van der Waals surface area contributed by atoms with Crippen molar-refractivity contribution in [2.75, 3.05) is 12.4 Å². The summed E-state index contributed by atoms with van der Waals surface area (Å²) >= 11 is 1.43. The maximum atomic E-state index is 14.6. The first-order valence-electron chi connectivity index (χ1n) is 8.94. The molecule has 0 bridgehead atoms. The Hall–Kier alpha value is -2.80. The Morgan fingerprint density at radius 2 is 1.89 bits per heavy atom. The average Bonchev–Trinajstić information content (AvgIpc) is 2.95. The van der Waals surface area contributed by atoms with Gasteiger partial charge in [-0.05, 0) is 44.2 Å². The monoisotopic (exact) mass is 397 g/mol. The van der Waals surface area contributed by atoms with E-state index in [0.29, 0.717) is 11.4 Å². The van der Waals surface area contributed by atoms with Gasteiger partial charge in [0.15, 0.2) is 0 Å². The van der Waals surface area contributed by atoms with Crippen molar-refractivity contribution in [3.05, 3.63) is 71.2 Å². The molecule has 2 atom stereocenters. The molecule has 28 heavy (non-hydrogen) atoms. The fourth-order valence-electron chi connectivity index (χ4n) is 3.35. The van der Waals surface area contributed by atoms with Gasteiger partial charge in [0.25, 0.3) is 0 Å². The van der Waals surface area contributed by atoms with Gasteiger partial charge in [-0.1, -0.05) is 18.2 Å². The summed E-state index contributed by atoms with van der Waals surface area (Å²) in [4.78, 5) is 12.6. The van der Waals surface area contributed by atoms with Crippen LogP contribution in [-0.2, 0) is 4.79 Å². The SMILES string of the molecule is COc1ccc(-n2nc(C)c3c2NC(=O)[C@@H](C)S[C@@H]3c2ccccc2F)cc1. The van der Waals surface area contributed by atoms with Gasteiger partial charge in [0.05, 0.1) is 29.0 Å². The minimum absolute atomic E-state index is 0.125. The van der Waals surface area contributed by atoms with E-state index in [-0.39, 0.29) is 22.2 Å². The number of methoxy groups -OCH3 is 1. The lowest BCUT2D eigenvalue weighted by molar-refractivity contribution is -0.115. The van der Waals surface area contributed by atoms with Gasteiger partial charge in [-0.3, -0.25) is 4.79 Å². The van der Waals surface area contributed by atoms with E-state index < -0.39 is 0 Å². The Kier molecular flexibility index (Phi) is 4.85. The van der Waals surface area contributed by atoms with Crippen LogP contribution in [0.25, 0.3) is 5.69 Å². The number of benzene rings is 2. The molecule has 1 N–H and O–H groups in total. The lowest BCUT2D eigenvalue weighted by atomic mass is 10.0. The summed E-state index contributed by atoms with van der Waals surface area (Å²) in [5.74, 6) is 0.901. The predicted octanol–water partition coefficient (Wildman–Crippen LogP) is 4.49. The van der Waals surface area contributed by atoms with E-state index in [4.69, 9.17) is 4.74 Å². The van der Waals surface area contributed by atoms with E-state index >= 15 is 0 Å². The van der Waals surface area contributed by atoms with Crippen LogP contribution in [0.3, 0.4) is 0 Å². The van der Waals surface area contributed by atoms with E-state index in [2.05, 4.69) is 10.4 Å². The molecular weight excluding hydrogens is 377 g/mol. The van der Waals surface area contributed by atoms with Crippen LogP contribution in [0.4, 0.5) is 10.2 Å². The number of nitrogens with one attached hydrogen (secondary N) is 1.